The van der Waals surface area contributed by atoms with E-state index in [4.69, 9.17) is 0 Å². The molecule has 0 saturated carbocycles. The van der Waals surface area contributed by atoms with Crippen LogP contribution < -0.4 is 0 Å². The van der Waals surface area contributed by atoms with Crippen LogP contribution in [-0.4, -0.2) is 4.98 Å². The Morgan fingerprint density at radius 3 is 2.17 bits per heavy atom. The van der Waals surface area contributed by atoms with E-state index in [1.807, 2.05) is 0 Å². The second-order valence-electron chi connectivity index (χ2n) is 2.01. The minimum Gasteiger partial charge on any atom is -0.260 e. The highest BCUT2D eigenvalue weighted by Gasteiger charge is 2.36. The second-order valence-corrected chi connectivity index (χ2v) is 2.50. The smallest absolute Gasteiger partial charge is 0.260 e. The third-order valence-electron chi connectivity index (χ3n) is 1.16. The quantitative estimate of drug-likeness (QED) is 0.498. The Bertz CT molecular complexity index is 276. The van der Waals surface area contributed by atoms with Crippen molar-refractivity contribution in [2.75, 3.05) is 0 Å². The molecule has 0 bridgehead atoms. The van der Waals surface area contributed by atoms with E-state index in [1.165, 1.54) is 0 Å². The largest absolute Gasteiger partial charge is 0.420 e. The van der Waals surface area contributed by atoms with E-state index in [2.05, 4.69) is 17.6 Å². The molecule has 1 rings (SSSR count). The topological polar surface area (TPSA) is 12.9 Å². The molecule has 0 atom stereocenters. The highest BCUT2D eigenvalue weighted by molar-refractivity contribution is 7.80. The van der Waals surface area contributed by atoms with Crippen LogP contribution >= 0.6 is 12.6 Å². The van der Waals surface area contributed by atoms with E-state index in [9.17, 15) is 17.6 Å². The van der Waals surface area contributed by atoms with Crippen LogP contribution in [0.4, 0.5) is 17.6 Å². The molecule has 0 aliphatic heterocycles. The fourth-order valence-electron chi connectivity index (χ4n) is 0.705. The Balaban J connectivity index is 3.31. The summed E-state index contributed by atoms with van der Waals surface area (Å²) in [5, 5.41) is 0. The van der Waals surface area contributed by atoms with E-state index in [0.717, 1.165) is 6.20 Å². The summed E-state index contributed by atoms with van der Waals surface area (Å²) in [6.07, 6.45) is -3.37. The molecule has 12 heavy (non-hydrogen) atoms. The van der Waals surface area contributed by atoms with Gasteiger partial charge in [0.2, 0.25) is 0 Å². The van der Waals surface area contributed by atoms with Gasteiger partial charge in [-0.25, -0.2) is 4.39 Å². The van der Waals surface area contributed by atoms with Crippen molar-refractivity contribution in [3.63, 3.8) is 0 Å². The standard InChI is InChI=1S/C6H3F4NS/c7-3-1-11-2-4(12)5(3)6(8,9)10/h1-2,12H. The van der Waals surface area contributed by atoms with E-state index < -0.39 is 22.5 Å². The van der Waals surface area contributed by atoms with Gasteiger partial charge >= 0.3 is 6.18 Å². The van der Waals surface area contributed by atoms with Crippen molar-refractivity contribution in [2.45, 2.75) is 11.1 Å². The molecule has 1 aromatic rings. The van der Waals surface area contributed by atoms with Crippen molar-refractivity contribution < 1.29 is 17.6 Å². The summed E-state index contributed by atoms with van der Waals surface area (Å²) < 4.78 is 48.5. The fraction of sp³-hybridized carbons (Fsp3) is 0.167. The highest BCUT2D eigenvalue weighted by atomic mass is 32.1. The van der Waals surface area contributed by atoms with Crippen molar-refractivity contribution in [2.24, 2.45) is 0 Å². The summed E-state index contributed by atoms with van der Waals surface area (Å²) >= 11 is 3.44. The Labute approximate surface area is 70.8 Å². The zero-order chi connectivity index (χ0) is 9.35. The Morgan fingerprint density at radius 1 is 1.25 bits per heavy atom. The first-order chi connectivity index (χ1) is 5.43. The van der Waals surface area contributed by atoms with Gasteiger partial charge in [-0.2, -0.15) is 13.2 Å². The van der Waals surface area contributed by atoms with E-state index >= 15 is 0 Å². The summed E-state index contributed by atoms with van der Waals surface area (Å²) in [4.78, 5) is 2.70. The van der Waals surface area contributed by atoms with Crippen LogP contribution in [0.5, 0.6) is 0 Å². The van der Waals surface area contributed by atoms with Crippen LogP contribution in [0.2, 0.25) is 0 Å². The summed E-state index contributed by atoms with van der Waals surface area (Å²) in [5.74, 6) is -1.41. The van der Waals surface area contributed by atoms with Crippen LogP contribution in [0.25, 0.3) is 0 Å². The normalized spacial score (nSPS) is 11.8. The zero-order valence-electron chi connectivity index (χ0n) is 5.56. The average molecular weight is 197 g/mol. The molecule has 66 valence electrons. The third kappa shape index (κ3) is 1.69. The summed E-state index contributed by atoms with van der Waals surface area (Å²) in [5.41, 5.74) is -1.37. The number of alkyl halides is 3. The lowest BCUT2D eigenvalue weighted by Crippen LogP contribution is -2.09. The number of thiol groups is 1. The number of aromatic nitrogens is 1. The Morgan fingerprint density at radius 2 is 1.83 bits per heavy atom. The van der Waals surface area contributed by atoms with Gasteiger partial charge in [-0.1, -0.05) is 0 Å². The summed E-state index contributed by atoms with van der Waals surface area (Å²) in [7, 11) is 0. The molecule has 0 fully saturated rings. The molecule has 0 radical (unpaired) electrons. The second kappa shape index (κ2) is 2.93. The number of hydrogen-bond acceptors (Lipinski definition) is 2. The van der Waals surface area contributed by atoms with Gasteiger partial charge in [-0.15, -0.1) is 12.6 Å². The van der Waals surface area contributed by atoms with E-state index in [1.54, 1.807) is 0 Å². The SMILES string of the molecule is Fc1cncc(S)c1C(F)(F)F. The Hall–Kier alpha value is -0.780. The van der Waals surface area contributed by atoms with Crippen LogP contribution in [0.1, 0.15) is 5.56 Å². The van der Waals surface area contributed by atoms with Gasteiger partial charge in [0.05, 0.1) is 6.20 Å². The predicted molar refractivity (Wildman–Crippen MR) is 36.4 cm³/mol. The van der Waals surface area contributed by atoms with Crippen LogP contribution in [-0.2, 0) is 6.18 Å². The van der Waals surface area contributed by atoms with Gasteiger partial charge < -0.3 is 0 Å². The minimum atomic E-state index is -4.72. The lowest BCUT2D eigenvalue weighted by Gasteiger charge is -2.08. The Kier molecular flexibility index (Phi) is 2.27. The number of nitrogens with zero attached hydrogens (tertiary/aromatic N) is 1. The fourth-order valence-corrected chi connectivity index (χ4v) is 1.01. The molecule has 1 heterocycles. The number of pyridine rings is 1. The average Bonchev–Trinajstić information content (AvgIpc) is 1.82. The molecule has 1 aromatic heterocycles. The molecular weight excluding hydrogens is 194 g/mol. The molecule has 0 amide bonds. The predicted octanol–water partition coefficient (Wildman–Crippen LogP) is 2.53. The number of hydrogen-bond donors (Lipinski definition) is 1. The van der Waals surface area contributed by atoms with Gasteiger partial charge in [0.15, 0.2) is 5.82 Å². The molecular formula is C6H3F4NS. The van der Waals surface area contributed by atoms with Gasteiger partial charge in [0.1, 0.15) is 5.56 Å². The highest BCUT2D eigenvalue weighted by Crippen LogP contribution is 2.34. The molecule has 0 unspecified atom stereocenters. The molecule has 0 aliphatic rings. The van der Waals surface area contributed by atoms with Crippen molar-refractivity contribution in [3.05, 3.63) is 23.8 Å². The van der Waals surface area contributed by atoms with Gasteiger partial charge in [-0.3, -0.25) is 4.98 Å². The molecule has 6 heteroatoms. The molecule has 0 saturated heterocycles. The molecule has 0 aliphatic carbocycles. The monoisotopic (exact) mass is 197 g/mol. The van der Waals surface area contributed by atoms with E-state index in [-0.39, 0.29) is 0 Å². The van der Waals surface area contributed by atoms with Crippen LogP contribution in [0, 0.1) is 5.82 Å². The number of rotatable bonds is 0. The van der Waals surface area contributed by atoms with Crippen molar-refractivity contribution >= 4 is 12.6 Å². The minimum absolute atomic E-state index is 0.503. The number of halogens is 4. The van der Waals surface area contributed by atoms with Crippen molar-refractivity contribution in [1.82, 2.24) is 4.98 Å². The lowest BCUT2D eigenvalue weighted by molar-refractivity contribution is -0.142. The summed E-state index contributed by atoms with van der Waals surface area (Å²) in [6.45, 7) is 0. The van der Waals surface area contributed by atoms with Gasteiger partial charge in [0.25, 0.3) is 0 Å². The first kappa shape index (κ1) is 9.31. The molecule has 0 N–H and O–H groups in total. The molecule has 1 nitrogen and oxygen atoms in total. The maximum atomic E-state index is 12.5. The van der Waals surface area contributed by atoms with Crippen molar-refractivity contribution in [1.29, 1.82) is 0 Å². The maximum Gasteiger partial charge on any atom is 0.420 e. The molecule has 0 spiro atoms. The maximum absolute atomic E-state index is 12.5. The zero-order valence-corrected chi connectivity index (χ0v) is 6.46. The van der Waals surface area contributed by atoms with Crippen LogP contribution in [0.15, 0.2) is 17.3 Å². The summed E-state index contributed by atoms with van der Waals surface area (Å²) in [6, 6.07) is 0. The first-order valence-corrected chi connectivity index (χ1v) is 3.27. The van der Waals surface area contributed by atoms with Crippen LogP contribution in [0.3, 0.4) is 0 Å². The van der Waals surface area contributed by atoms with E-state index in [0.29, 0.717) is 6.20 Å². The lowest BCUT2D eigenvalue weighted by atomic mass is 10.2. The third-order valence-corrected chi connectivity index (χ3v) is 1.50. The van der Waals surface area contributed by atoms with Gasteiger partial charge in [-0.05, 0) is 0 Å². The van der Waals surface area contributed by atoms with Crippen molar-refractivity contribution in [3.8, 4) is 0 Å². The van der Waals surface area contributed by atoms with Gasteiger partial charge in [0, 0.05) is 11.1 Å². The first-order valence-electron chi connectivity index (χ1n) is 2.82. The molecule has 0 aromatic carbocycles.